The lowest BCUT2D eigenvalue weighted by Crippen LogP contribution is -2.11. The smallest absolute Gasteiger partial charge is 0.269 e. The molecule has 2 N–H and O–H groups in total. The second kappa shape index (κ2) is 8.66. The van der Waals surface area contributed by atoms with Crippen molar-refractivity contribution in [3.05, 3.63) is 58.4 Å². The molecule has 11 heteroatoms. The number of nitrogens with one attached hydrogen (secondary N) is 2. The minimum absolute atomic E-state index is 0.267. The molecule has 8 nitrogen and oxygen atoms in total. The van der Waals surface area contributed by atoms with E-state index in [-0.39, 0.29) is 17.4 Å². The van der Waals surface area contributed by atoms with E-state index >= 15 is 0 Å². The van der Waals surface area contributed by atoms with Crippen molar-refractivity contribution < 1.29 is 14.0 Å². The number of nitrogens with zero attached hydrogens (tertiary/aromatic N) is 4. The summed E-state index contributed by atoms with van der Waals surface area (Å²) >= 11 is 2.37. The SMILES string of the molecule is CC(=O)Nc1ccc(-c2csc(NC(=O)c3sc(-c4ncccn4)nc3C)n2)c(F)c1. The number of amides is 2. The molecular formula is C20H15FN6O2S2. The van der Waals surface area contributed by atoms with E-state index in [1.807, 2.05) is 0 Å². The lowest BCUT2D eigenvalue weighted by molar-refractivity contribution is -0.114. The van der Waals surface area contributed by atoms with Gasteiger partial charge < -0.3 is 5.32 Å². The minimum atomic E-state index is -0.528. The van der Waals surface area contributed by atoms with Crippen LogP contribution in [0.15, 0.2) is 42.0 Å². The first-order valence-electron chi connectivity index (χ1n) is 9.00. The number of benzene rings is 1. The summed E-state index contributed by atoms with van der Waals surface area (Å²) in [7, 11) is 0. The molecule has 0 saturated heterocycles. The van der Waals surface area contributed by atoms with Crippen molar-refractivity contribution >= 4 is 45.3 Å². The van der Waals surface area contributed by atoms with Gasteiger partial charge in [0.15, 0.2) is 16.0 Å². The number of hydrogen-bond donors (Lipinski definition) is 2. The van der Waals surface area contributed by atoms with Crippen molar-refractivity contribution in [2.45, 2.75) is 13.8 Å². The van der Waals surface area contributed by atoms with Gasteiger partial charge in [0.25, 0.3) is 5.91 Å². The maximum atomic E-state index is 14.4. The fourth-order valence-electron chi connectivity index (χ4n) is 2.72. The Morgan fingerprint density at radius 1 is 1.10 bits per heavy atom. The number of carbonyl (C=O) groups excluding carboxylic acids is 2. The average Bonchev–Trinajstić information content (AvgIpc) is 3.35. The summed E-state index contributed by atoms with van der Waals surface area (Å²) in [6.07, 6.45) is 3.22. The average molecular weight is 455 g/mol. The Morgan fingerprint density at radius 3 is 2.58 bits per heavy atom. The van der Waals surface area contributed by atoms with E-state index < -0.39 is 5.82 Å². The Bertz CT molecular complexity index is 1270. The zero-order chi connectivity index (χ0) is 22.0. The third kappa shape index (κ3) is 4.62. The second-order valence-electron chi connectivity index (χ2n) is 6.37. The number of carbonyl (C=O) groups is 2. The standard InChI is InChI=1S/C20H15FN6O2S2/c1-10-16(31-19(24-10)17-22-6-3-7-23-17)18(29)27-20-26-15(9-30-20)13-5-4-12(8-14(13)21)25-11(2)28/h3-9H,1-2H3,(H,25,28)(H,26,27,29). The maximum absolute atomic E-state index is 14.4. The lowest BCUT2D eigenvalue weighted by Gasteiger charge is -2.05. The number of thiazole rings is 2. The molecule has 3 aromatic heterocycles. The van der Waals surface area contributed by atoms with Gasteiger partial charge in [0, 0.05) is 35.9 Å². The normalized spacial score (nSPS) is 10.7. The monoisotopic (exact) mass is 454 g/mol. The fraction of sp³-hybridized carbons (Fsp3) is 0.100. The van der Waals surface area contributed by atoms with Crippen molar-refractivity contribution in [3.8, 4) is 22.1 Å². The Morgan fingerprint density at radius 2 is 1.87 bits per heavy atom. The lowest BCUT2D eigenvalue weighted by atomic mass is 10.1. The Hall–Kier alpha value is -3.57. The van der Waals surface area contributed by atoms with Crippen molar-refractivity contribution in [3.63, 3.8) is 0 Å². The number of aryl methyl sites for hydroxylation is 1. The van der Waals surface area contributed by atoms with Crippen molar-refractivity contribution in [2.24, 2.45) is 0 Å². The molecule has 0 saturated carbocycles. The highest BCUT2D eigenvalue weighted by atomic mass is 32.1. The zero-order valence-electron chi connectivity index (χ0n) is 16.3. The summed E-state index contributed by atoms with van der Waals surface area (Å²) in [4.78, 5) is 41.2. The van der Waals surface area contributed by atoms with Crippen LogP contribution in [0.2, 0.25) is 0 Å². The van der Waals surface area contributed by atoms with E-state index in [9.17, 15) is 14.0 Å². The predicted molar refractivity (Wildman–Crippen MR) is 118 cm³/mol. The van der Waals surface area contributed by atoms with Gasteiger partial charge in [-0.15, -0.1) is 22.7 Å². The van der Waals surface area contributed by atoms with Crippen LogP contribution in [-0.4, -0.2) is 31.8 Å². The van der Waals surface area contributed by atoms with E-state index in [0.29, 0.717) is 37.9 Å². The van der Waals surface area contributed by atoms with Crippen LogP contribution in [0.4, 0.5) is 15.2 Å². The molecule has 156 valence electrons. The second-order valence-corrected chi connectivity index (χ2v) is 8.23. The molecule has 4 aromatic rings. The summed E-state index contributed by atoms with van der Waals surface area (Å²) in [5.74, 6) is -0.727. The molecule has 0 unspecified atom stereocenters. The first-order chi connectivity index (χ1) is 14.9. The fourth-order valence-corrected chi connectivity index (χ4v) is 4.34. The minimum Gasteiger partial charge on any atom is -0.326 e. The van der Waals surface area contributed by atoms with Gasteiger partial charge >= 0.3 is 0 Å². The van der Waals surface area contributed by atoms with Crippen LogP contribution in [0, 0.1) is 12.7 Å². The van der Waals surface area contributed by atoms with Crippen LogP contribution in [0.25, 0.3) is 22.1 Å². The first kappa shape index (κ1) is 20.7. The van der Waals surface area contributed by atoms with Gasteiger partial charge in [-0.3, -0.25) is 14.9 Å². The van der Waals surface area contributed by atoms with Crippen LogP contribution in [0.5, 0.6) is 0 Å². The van der Waals surface area contributed by atoms with Crippen molar-refractivity contribution in [1.29, 1.82) is 0 Å². The molecule has 3 heterocycles. The van der Waals surface area contributed by atoms with E-state index in [0.717, 1.165) is 0 Å². The van der Waals surface area contributed by atoms with E-state index in [1.54, 1.807) is 36.8 Å². The Labute approximate surface area is 184 Å². The molecule has 0 spiro atoms. The molecule has 0 radical (unpaired) electrons. The van der Waals surface area contributed by atoms with Crippen molar-refractivity contribution in [1.82, 2.24) is 19.9 Å². The molecule has 4 rings (SSSR count). The number of aromatic nitrogens is 4. The van der Waals surface area contributed by atoms with Gasteiger partial charge in [0.1, 0.15) is 10.7 Å². The molecular weight excluding hydrogens is 439 g/mol. The van der Waals surface area contributed by atoms with Crippen LogP contribution < -0.4 is 10.6 Å². The molecule has 0 atom stereocenters. The summed E-state index contributed by atoms with van der Waals surface area (Å²) in [5, 5.41) is 7.78. The van der Waals surface area contributed by atoms with Gasteiger partial charge in [0.2, 0.25) is 5.91 Å². The van der Waals surface area contributed by atoms with E-state index in [2.05, 4.69) is 30.6 Å². The van der Waals surface area contributed by atoms with Crippen LogP contribution in [0.1, 0.15) is 22.3 Å². The molecule has 2 amide bonds. The van der Waals surface area contributed by atoms with Gasteiger partial charge in [-0.2, -0.15) is 0 Å². The number of anilines is 2. The summed E-state index contributed by atoms with van der Waals surface area (Å²) in [6.45, 7) is 3.08. The van der Waals surface area contributed by atoms with Crippen LogP contribution in [-0.2, 0) is 4.79 Å². The molecule has 0 fully saturated rings. The molecule has 31 heavy (non-hydrogen) atoms. The Kier molecular flexibility index (Phi) is 5.78. The third-order valence-corrected chi connectivity index (χ3v) is 5.96. The predicted octanol–water partition coefficient (Wildman–Crippen LogP) is 4.38. The quantitative estimate of drug-likeness (QED) is 0.463. The zero-order valence-corrected chi connectivity index (χ0v) is 18.0. The van der Waals surface area contributed by atoms with Gasteiger partial charge in [-0.1, -0.05) is 0 Å². The first-order valence-corrected chi connectivity index (χ1v) is 10.7. The number of rotatable bonds is 5. The van der Waals surface area contributed by atoms with E-state index in [4.69, 9.17) is 0 Å². The van der Waals surface area contributed by atoms with Gasteiger partial charge in [0.05, 0.1) is 11.4 Å². The van der Waals surface area contributed by atoms with Crippen LogP contribution in [0.3, 0.4) is 0 Å². The summed E-state index contributed by atoms with van der Waals surface area (Å²) in [6, 6.07) is 6.04. The van der Waals surface area contributed by atoms with Crippen molar-refractivity contribution in [2.75, 3.05) is 10.6 Å². The topological polar surface area (TPSA) is 110 Å². The highest BCUT2D eigenvalue weighted by Crippen LogP contribution is 2.30. The molecule has 0 bridgehead atoms. The van der Waals surface area contributed by atoms with Gasteiger partial charge in [-0.25, -0.2) is 24.3 Å². The van der Waals surface area contributed by atoms with Gasteiger partial charge in [-0.05, 0) is 31.2 Å². The Balaban J connectivity index is 1.51. The summed E-state index contributed by atoms with van der Waals surface area (Å²) in [5.41, 5.74) is 1.56. The third-order valence-electron chi connectivity index (χ3n) is 4.05. The largest absolute Gasteiger partial charge is 0.326 e. The molecule has 1 aromatic carbocycles. The molecule has 0 aliphatic heterocycles. The number of hydrogen-bond acceptors (Lipinski definition) is 8. The highest BCUT2D eigenvalue weighted by Gasteiger charge is 2.19. The summed E-state index contributed by atoms with van der Waals surface area (Å²) < 4.78 is 14.4. The molecule has 0 aliphatic carbocycles. The molecule has 0 aliphatic rings. The van der Waals surface area contributed by atoms with E-state index in [1.165, 1.54) is 41.7 Å². The van der Waals surface area contributed by atoms with Crippen LogP contribution >= 0.6 is 22.7 Å². The maximum Gasteiger partial charge on any atom is 0.269 e. The highest BCUT2D eigenvalue weighted by molar-refractivity contribution is 7.17. The number of halogens is 1.